The van der Waals surface area contributed by atoms with E-state index in [0.717, 1.165) is 28.8 Å². The van der Waals surface area contributed by atoms with Crippen molar-refractivity contribution in [1.29, 1.82) is 5.26 Å². The molecule has 3 rings (SSSR count). The Morgan fingerprint density at radius 2 is 2.29 bits per heavy atom. The number of nitrogens with zero attached hydrogens (tertiary/aromatic N) is 2. The molecule has 0 bridgehead atoms. The topological polar surface area (TPSA) is 79.8 Å². The summed E-state index contributed by atoms with van der Waals surface area (Å²) in [4.78, 5) is 17.5. The van der Waals surface area contributed by atoms with Gasteiger partial charge in [-0.25, -0.2) is 4.98 Å². The van der Waals surface area contributed by atoms with Gasteiger partial charge in [-0.05, 0) is 18.9 Å². The van der Waals surface area contributed by atoms with Crippen molar-refractivity contribution < 1.29 is 4.79 Å². The van der Waals surface area contributed by atoms with Gasteiger partial charge in [-0.1, -0.05) is 0 Å². The lowest BCUT2D eigenvalue weighted by Crippen LogP contribution is -2.12. The fraction of sp³-hybridized carbons (Fsp3) is 0.250. The van der Waals surface area contributed by atoms with E-state index in [2.05, 4.69) is 11.1 Å². The minimum Gasteiger partial charge on any atom is -0.396 e. The van der Waals surface area contributed by atoms with Crippen LogP contribution in [0, 0.1) is 11.3 Å². The highest BCUT2D eigenvalue weighted by Crippen LogP contribution is 2.34. The van der Waals surface area contributed by atoms with Crippen molar-refractivity contribution in [2.75, 3.05) is 5.73 Å². The molecule has 84 valence electrons. The third-order valence-electron chi connectivity index (χ3n) is 3.02. The van der Waals surface area contributed by atoms with Crippen molar-refractivity contribution in [2.24, 2.45) is 0 Å². The lowest BCUT2D eigenvalue weighted by atomic mass is 9.94. The predicted molar refractivity (Wildman–Crippen MR) is 66.0 cm³/mol. The summed E-state index contributed by atoms with van der Waals surface area (Å²) in [5.41, 5.74) is 7.84. The molecule has 0 unspecified atom stereocenters. The van der Waals surface area contributed by atoms with Crippen LogP contribution in [0.1, 0.15) is 33.8 Å². The smallest absolute Gasteiger partial charge is 0.164 e. The molecule has 0 radical (unpaired) electrons. The Kier molecular flexibility index (Phi) is 2.13. The van der Waals surface area contributed by atoms with Crippen LogP contribution in [0.25, 0.3) is 10.2 Å². The summed E-state index contributed by atoms with van der Waals surface area (Å²) in [5.74, 6) is 0.129. The van der Waals surface area contributed by atoms with E-state index in [1.165, 1.54) is 11.3 Å². The van der Waals surface area contributed by atoms with Crippen LogP contribution in [0.15, 0.2) is 6.07 Å². The molecule has 0 spiro atoms. The van der Waals surface area contributed by atoms with Gasteiger partial charge in [-0.15, -0.1) is 11.3 Å². The number of aromatic nitrogens is 1. The van der Waals surface area contributed by atoms with Crippen LogP contribution >= 0.6 is 11.3 Å². The highest BCUT2D eigenvalue weighted by Gasteiger charge is 2.21. The molecule has 4 nitrogen and oxygen atoms in total. The summed E-state index contributed by atoms with van der Waals surface area (Å²) in [6.07, 6.45) is 2.27. The highest BCUT2D eigenvalue weighted by molar-refractivity contribution is 7.19. The Hall–Kier alpha value is -1.93. The third-order valence-corrected chi connectivity index (χ3v) is 4.04. The number of rotatable bonds is 0. The Morgan fingerprint density at radius 3 is 3.06 bits per heavy atom. The van der Waals surface area contributed by atoms with E-state index in [-0.39, 0.29) is 5.78 Å². The first kappa shape index (κ1) is 10.2. The zero-order valence-electron chi connectivity index (χ0n) is 8.99. The maximum Gasteiger partial charge on any atom is 0.164 e. The van der Waals surface area contributed by atoms with Crippen molar-refractivity contribution in [3.8, 4) is 6.07 Å². The molecular formula is C12H9N3OS. The van der Waals surface area contributed by atoms with Crippen LogP contribution in [0.5, 0.6) is 0 Å². The normalized spacial score (nSPS) is 14.6. The molecule has 5 heteroatoms. The number of hydrogen-bond donors (Lipinski definition) is 1. The fourth-order valence-corrected chi connectivity index (χ4v) is 3.04. The number of anilines is 1. The summed E-state index contributed by atoms with van der Waals surface area (Å²) < 4.78 is 0. The van der Waals surface area contributed by atoms with Gasteiger partial charge >= 0.3 is 0 Å². The van der Waals surface area contributed by atoms with Gasteiger partial charge in [-0.2, -0.15) is 5.26 Å². The standard InChI is InChI=1S/C12H9N3OS/c13-5-10-11(14)7-4-6-8(15-12(7)17-10)2-1-3-9(6)16/h4H,1-3,14H2. The molecule has 1 aliphatic carbocycles. The molecule has 0 saturated heterocycles. The van der Waals surface area contributed by atoms with Crippen molar-refractivity contribution in [2.45, 2.75) is 19.3 Å². The van der Waals surface area contributed by atoms with Gasteiger partial charge in [0.15, 0.2) is 5.78 Å². The van der Waals surface area contributed by atoms with Crippen LogP contribution in [0.3, 0.4) is 0 Å². The molecule has 2 aromatic heterocycles. The predicted octanol–water partition coefficient (Wildman–Crippen LogP) is 2.27. The molecule has 0 fully saturated rings. The number of nitriles is 1. The van der Waals surface area contributed by atoms with E-state index in [4.69, 9.17) is 11.0 Å². The van der Waals surface area contributed by atoms with Crippen molar-refractivity contribution in [1.82, 2.24) is 4.98 Å². The average Bonchev–Trinajstić information content (AvgIpc) is 2.64. The van der Waals surface area contributed by atoms with E-state index >= 15 is 0 Å². The van der Waals surface area contributed by atoms with Gasteiger partial charge in [0.1, 0.15) is 15.8 Å². The molecule has 0 amide bonds. The number of nitrogen functional groups attached to an aromatic ring is 1. The van der Waals surface area contributed by atoms with Crippen LogP contribution in [-0.2, 0) is 6.42 Å². The van der Waals surface area contributed by atoms with Gasteiger partial charge in [0.25, 0.3) is 0 Å². The summed E-state index contributed by atoms with van der Waals surface area (Å²) in [6, 6.07) is 3.85. The van der Waals surface area contributed by atoms with E-state index in [1.807, 2.05) is 0 Å². The Balaban J connectivity index is 2.34. The molecule has 17 heavy (non-hydrogen) atoms. The van der Waals surface area contributed by atoms with E-state index in [1.54, 1.807) is 6.07 Å². The van der Waals surface area contributed by atoms with Gasteiger partial charge in [0.05, 0.1) is 11.4 Å². The van der Waals surface area contributed by atoms with Crippen molar-refractivity contribution in [3.63, 3.8) is 0 Å². The first-order valence-electron chi connectivity index (χ1n) is 5.36. The quantitative estimate of drug-likeness (QED) is 0.769. The number of pyridine rings is 1. The van der Waals surface area contributed by atoms with Crippen LogP contribution in [0.4, 0.5) is 5.69 Å². The van der Waals surface area contributed by atoms with Gasteiger partial charge in [0.2, 0.25) is 0 Å². The first-order valence-corrected chi connectivity index (χ1v) is 6.17. The number of Topliss-reactive ketones (excluding diaryl/α,β-unsaturated/α-hetero) is 1. The second-order valence-electron chi connectivity index (χ2n) is 4.07. The van der Waals surface area contributed by atoms with E-state index in [9.17, 15) is 4.79 Å². The number of nitrogens with two attached hydrogens (primary N) is 1. The number of hydrogen-bond acceptors (Lipinski definition) is 5. The average molecular weight is 243 g/mol. The van der Waals surface area contributed by atoms with E-state index in [0.29, 0.717) is 22.5 Å². The van der Waals surface area contributed by atoms with Gasteiger partial charge in [0, 0.05) is 17.4 Å². The summed E-state index contributed by atoms with van der Waals surface area (Å²) >= 11 is 1.29. The minimum absolute atomic E-state index is 0.129. The summed E-state index contributed by atoms with van der Waals surface area (Å²) in [6.45, 7) is 0. The second-order valence-corrected chi connectivity index (χ2v) is 5.07. The number of fused-ring (bicyclic) bond motifs is 2. The fourth-order valence-electron chi connectivity index (χ4n) is 2.14. The zero-order chi connectivity index (χ0) is 12.0. The number of aryl methyl sites for hydroxylation is 1. The van der Waals surface area contributed by atoms with E-state index < -0.39 is 0 Å². The number of carbonyl (C=O) groups is 1. The molecule has 2 N–H and O–H groups in total. The maximum absolute atomic E-state index is 11.8. The Morgan fingerprint density at radius 1 is 1.47 bits per heavy atom. The number of ketones is 1. The number of carbonyl (C=O) groups excluding carboxylic acids is 1. The minimum atomic E-state index is 0.129. The monoisotopic (exact) mass is 243 g/mol. The first-order chi connectivity index (χ1) is 8.20. The molecule has 1 aliphatic rings. The maximum atomic E-state index is 11.8. The zero-order valence-corrected chi connectivity index (χ0v) is 9.80. The SMILES string of the molecule is N#Cc1sc2nc3c(cc2c1N)C(=O)CCC3. The Bertz CT molecular complexity index is 681. The van der Waals surface area contributed by atoms with Crippen LogP contribution < -0.4 is 5.73 Å². The lowest BCUT2D eigenvalue weighted by molar-refractivity contribution is 0.0972. The van der Waals surface area contributed by atoms with Gasteiger partial charge < -0.3 is 5.73 Å². The van der Waals surface area contributed by atoms with Gasteiger partial charge in [-0.3, -0.25) is 4.79 Å². The van der Waals surface area contributed by atoms with Crippen LogP contribution in [-0.4, -0.2) is 10.8 Å². The molecule has 0 saturated carbocycles. The molecule has 0 atom stereocenters. The molecule has 0 aromatic carbocycles. The summed E-state index contributed by atoms with van der Waals surface area (Å²) in [7, 11) is 0. The highest BCUT2D eigenvalue weighted by atomic mass is 32.1. The summed E-state index contributed by atoms with van der Waals surface area (Å²) in [5, 5.41) is 9.66. The third kappa shape index (κ3) is 1.41. The molecule has 2 aromatic rings. The number of thiophene rings is 1. The molecular weight excluding hydrogens is 234 g/mol. The molecule has 2 heterocycles. The second kappa shape index (κ2) is 3.54. The van der Waals surface area contributed by atoms with Crippen molar-refractivity contribution >= 4 is 33.0 Å². The largest absolute Gasteiger partial charge is 0.396 e. The Labute approximate surface area is 102 Å². The van der Waals surface area contributed by atoms with Crippen LogP contribution in [0.2, 0.25) is 0 Å². The molecule has 0 aliphatic heterocycles. The lowest BCUT2D eigenvalue weighted by Gasteiger charge is -2.13. The van der Waals surface area contributed by atoms with Crippen molar-refractivity contribution in [3.05, 3.63) is 22.2 Å².